The normalized spacial score (nSPS) is 12.1. The van der Waals surface area contributed by atoms with Crippen LogP contribution in [0, 0.1) is 0 Å². The molecule has 0 fully saturated rings. The maximum absolute atomic E-state index is 4.92. The molecule has 0 atom stereocenters. The van der Waals surface area contributed by atoms with Gasteiger partial charge in [-0.05, 0) is 50.2 Å². The van der Waals surface area contributed by atoms with E-state index in [9.17, 15) is 0 Å². The Morgan fingerprint density at radius 2 is 1.34 bits per heavy atom. The number of nitrogens with zero attached hydrogens (tertiary/aromatic N) is 5. The first-order chi connectivity index (χ1) is 15.8. The van der Waals surface area contributed by atoms with Crippen LogP contribution in [0.25, 0.3) is 0 Å². The van der Waals surface area contributed by atoms with Gasteiger partial charge < -0.3 is 10.2 Å². The zero-order valence-electron chi connectivity index (χ0n) is 18.1. The molecular weight excluding hydrogens is 416 g/mol. The SMILES string of the molecule is CCN(CC)c1nc(Nc2ccccc2)nc(N2c3ccccc3Sc3ccccc32)n1. The van der Waals surface area contributed by atoms with Gasteiger partial charge in [0.05, 0.1) is 11.4 Å². The van der Waals surface area contributed by atoms with E-state index in [0.717, 1.165) is 30.2 Å². The van der Waals surface area contributed by atoms with Gasteiger partial charge in [-0.15, -0.1) is 0 Å². The van der Waals surface area contributed by atoms with Crippen LogP contribution in [0.2, 0.25) is 0 Å². The van der Waals surface area contributed by atoms with E-state index in [2.05, 4.69) is 77.5 Å². The summed E-state index contributed by atoms with van der Waals surface area (Å²) >= 11 is 1.77. The summed E-state index contributed by atoms with van der Waals surface area (Å²) in [6.07, 6.45) is 0. The van der Waals surface area contributed by atoms with Crippen molar-refractivity contribution in [2.45, 2.75) is 23.6 Å². The summed E-state index contributed by atoms with van der Waals surface area (Å²) in [7, 11) is 0. The Hall–Kier alpha value is -3.58. The Morgan fingerprint density at radius 1 is 0.750 bits per heavy atom. The fourth-order valence-electron chi connectivity index (χ4n) is 3.73. The highest BCUT2D eigenvalue weighted by Crippen LogP contribution is 2.50. The first kappa shape index (κ1) is 20.3. The molecule has 0 unspecified atom stereocenters. The smallest absolute Gasteiger partial charge is 0.241 e. The number of hydrogen-bond acceptors (Lipinski definition) is 7. The van der Waals surface area contributed by atoms with Gasteiger partial charge in [0, 0.05) is 28.6 Å². The van der Waals surface area contributed by atoms with Crippen molar-refractivity contribution in [2.24, 2.45) is 0 Å². The predicted octanol–water partition coefficient (Wildman–Crippen LogP) is 6.40. The highest BCUT2D eigenvalue weighted by atomic mass is 32.2. The van der Waals surface area contributed by atoms with Gasteiger partial charge in [-0.3, -0.25) is 4.90 Å². The van der Waals surface area contributed by atoms with Gasteiger partial charge in [0.25, 0.3) is 0 Å². The summed E-state index contributed by atoms with van der Waals surface area (Å²) < 4.78 is 0. The molecule has 6 nitrogen and oxygen atoms in total. The van der Waals surface area contributed by atoms with Crippen LogP contribution in [0.1, 0.15) is 13.8 Å². The van der Waals surface area contributed by atoms with Gasteiger partial charge in [-0.2, -0.15) is 15.0 Å². The molecule has 0 saturated heterocycles. The molecular formula is C25H24N6S. The topological polar surface area (TPSA) is 57.2 Å². The van der Waals surface area contributed by atoms with Crippen LogP contribution < -0.4 is 15.1 Å². The Bertz CT molecular complexity index is 1180. The number of fused-ring (bicyclic) bond motifs is 2. The van der Waals surface area contributed by atoms with Crippen molar-refractivity contribution in [3.63, 3.8) is 0 Å². The third-order valence-corrected chi connectivity index (χ3v) is 6.45. The molecule has 0 aliphatic carbocycles. The average molecular weight is 441 g/mol. The molecule has 0 saturated carbocycles. The largest absolute Gasteiger partial charge is 0.341 e. The van der Waals surface area contributed by atoms with Crippen LogP contribution in [-0.4, -0.2) is 28.0 Å². The second-order valence-electron chi connectivity index (χ2n) is 7.30. The molecule has 0 amide bonds. The van der Waals surface area contributed by atoms with Gasteiger partial charge in [0.2, 0.25) is 17.8 Å². The van der Waals surface area contributed by atoms with Crippen molar-refractivity contribution in [1.29, 1.82) is 0 Å². The van der Waals surface area contributed by atoms with E-state index in [0.29, 0.717) is 17.8 Å². The van der Waals surface area contributed by atoms with Crippen molar-refractivity contribution in [3.05, 3.63) is 78.9 Å². The lowest BCUT2D eigenvalue weighted by atomic mass is 10.2. The van der Waals surface area contributed by atoms with E-state index < -0.39 is 0 Å². The van der Waals surface area contributed by atoms with Crippen molar-refractivity contribution in [3.8, 4) is 0 Å². The van der Waals surface area contributed by atoms with E-state index >= 15 is 0 Å². The molecule has 0 bridgehead atoms. The minimum Gasteiger partial charge on any atom is -0.341 e. The quantitative estimate of drug-likeness (QED) is 0.328. The van der Waals surface area contributed by atoms with Crippen LogP contribution in [0.4, 0.5) is 34.9 Å². The molecule has 1 aliphatic rings. The van der Waals surface area contributed by atoms with Crippen LogP contribution in [0.3, 0.4) is 0 Å². The fourth-order valence-corrected chi connectivity index (χ4v) is 4.79. The molecule has 1 aromatic heterocycles. The monoisotopic (exact) mass is 440 g/mol. The van der Waals surface area contributed by atoms with E-state index in [1.165, 1.54) is 9.79 Å². The number of para-hydroxylation sites is 3. The van der Waals surface area contributed by atoms with E-state index in [-0.39, 0.29) is 0 Å². The van der Waals surface area contributed by atoms with Crippen molar-refractivity contribution >= 4 is 46.7 Å². The van der Waals surface area contributed by atoms with Crippen LogP contribution in [0.5, 0.6) is 0 Å². The summed E-state index contributed by atoms with van der Waals surface area (Å²) in [4.78, 5) is 21.1. The maximum Gasteiger partial charge on any atom is 0.241 e. The first-order valence-corrected chi connectivity index (χ1v) is 11.6. The first-order valence-electron chi connectivity index (χ1n) is 10.8. The Kier molecular flexibility index (Phi) is 5.64. The molecule has 2 heterocycles. The highest BCUT2D eigenvalue weighted by Gasteiger charge is 2.27. The van der Waals surface area contributed by atoms with Crippen molar-refractivity contribution in [1.82, 2.24) is 15.0 Å². The Balaban J connectivity index is 1.67. The fraction of sp³-hybridized carbons (Fsp3) is 0.160. The Labute approximate surface area is 192 Å². The van der Waals surface area contributed by atoms with Gasteiger partial charge >= 0.3 is 0 Å². The third kappa shape index (κ3) is 3.87. The predicted molar refractivity (Wildman–Crippen MR) is 132 cm³/mol. The number of aromatic nitrogens is 3. The maximum atomic E-state index is 4.92. The summed E-state index contributed by atoms with van der Waals surface area (Å²) in [5, 5.41) is 3.35. The minimum absolute atomic E-state index is 0.524. The molecule has 0 radical (unpaired) electrons. The lowest BCUT2D eigenvalue weighted by Crippen LogP contribution is -2.26. The lowest BCUT2D eigenvalue weighted by molar-refractivity contribution is 0.811. The Morgan fingerprint density at radius 3 is 1.97 bits per heavy atom. The molecule has 4 aromatic rings. The number of nitrogens with one attached hydrogen (secondary N) is 1. The van der Waals surface area contributed by atoms with E-state index in [1.54, 1.807) is 11.8 Å². The molecule has 7 heteroatoms. The average Bonchev–Trinajstić information content (AvgIpc) is 2.84. The second-order valence-corrected chi connectivity index (χ2v) is 8.38. The molecule has 1 N–H and O–H groups in total. The summed E-state index contributed by atoms with van der Waals surface area (Å²) in [6.45, 7) is 5.85. The molecule has 0 spiro atoms. The molecule has 160 valence electrons. The van der Waals surface area contributed by atoms with E-state index in [4.69, 9.17) is 15.0 Å². The number of benzene rings is 3. The lowest BCUT2D eigenvalue weighted by Gasteiger charge is -2.31. The number of rotatable bonds is 6. The van der Waals surface area contributed by atoms with Crippen LogP contribution in [-0.2, 0) is 0 Å². The number of hydrogen-bond donors (Lipinski definition) is 1. The summed E-state index contributed by atoms with van der Waals surface area (Å²) in [5.41, 5.74) is 3.07. The molecule has 3 aromatic carbocycles. The summed E-state index contributed by atoms with van der Waals surface area (Å²) in [6, 6.07) is 26.7. The third-order valence-electron chi connectivity index (χ3n) is 5.32. The zero-order valence-corrected chi connectivity index (χ0v) is 18.9. The van der Waals surface area contributed by atoms with Crippen LogP contribution >= 0.6 is 11.8 Å². The van der Waals surface area contributed by atoms with E-state index in [1.807, 2.05) is 30.3 Å². The standard InChI is InChI=1S/C25H24N6S/c1-3-30(4-2)24-27-23(26-18-12-6-5-7-13-18)28-25(29-24)31-19-14-8-10-16-21(19)32-22-17-11-9-15-20(22)31/h5-17H,3-4H2,1-2H3,(H,26,27,28,29). The molecule has 5 rings (SSSR count). The number of anilines is 6. The van der Waals surface area contributed by atoms with Gasteiger partial charge in [-0.1, -0.05) is 54.2 Å². The van der Waals surface area contributed by atoms with Gasteiger partial charge in [0.1, 0.15) is 0 Å². The minimum atomic E-state index is 0.524. The van der Waals surface area contributed by atoms with Crippen molar-refractivity contribution < 1.29 is 0 Å². The van der Waals surface area contributed by atoms with Gasteiger partial charge in [0.15, 0.2) is 0 Å². The highest BCUT2D eigenvalue weighted by molar-refractivity contribution is 7.99. The zero-order chi connectivity index (χ0) is 21.9. The van der Waals surface area contributed by atoms with Crippen molar-refractivity contribution in [2.75, 3.05) is 28.2 Å². The molecule has 32 heavy (non-hydrogen) atoms. The van der Waals surface area contributed by atoms with Gasteiger partial charge in [-0.25, -0.2) is 0 Å². The summed E-state index contributed by atoms with van der Waals surface area (Å²) in [5.74, 6) is 1.78. The molecule has 1 aliphatic heterocycles. The second kappa shape index (κ2) is 8.88. The van der Waals surface area contributed by atoms with Crippen LogP contribution in [0.15, 0.2) is 88.7 Å².